The number of nitrogens with one attached hydrogen (secondary N) is 1. The Hall–Kier alpha value is -3.12. The van der Waals surface area contributed by atoms with Crippen LogP contribution < -0.4 is 10.1 Å². The van der Waals surface area contributed by atoms with Gasteiger partial charge in [0.2, 0.25) is 15.7 Å². The summed E-state index contributed by atoms with van der Waals surface area (Å²) < 4.78 is 84.1. The van der Waals surface area contributed by atoms with E-state index >= 15 is 0 Å². The zero-order chi connectivity index (χ0) is 25.2. The van der Waals surface area contributed by atoms with Crippen LogP contribution >= 0.6 is 11.6 Å². The first-order valence-corrected chi connectivity index (χ1v) is 11.5. The Balaban J connectivity index is 1.94. The minimum Gasteiger partial charge on any atom is -0.497 e. The molecule has 0 aliphatic heterocycles. The molecule has 0 saturated heterocycles. The van der Waals surface area contributed by atoms with Crippen LogP contribution in [0.1, 0.15) is 37.2 Å². The smallest absolute Gasteiger partial charge is 0.282 e. The highest BCUT2D eigenvalue weighted by Gasteiger charge is 2.27. The second kappa shape index (κ2) is 10.0. The topological polar surface area (TPSA) is 90.3 Å². The first kappa shape index (κ1) is 25.5. The van der Waals surface area contributed by atoms with Crippen molar-refractivity contribution in [3.8, 4) is 5.75 Å². The standard InChI is InChI=1S/C21H18ClF4N3O4S/c1-11(29-18(20(25)26)10-17(28-29)19(23)24)21(30)27-13-7-14(33-2)9-16(8-13)34(31,32)15-5-3-12(22)4-6-15/h3-11,19-20H,1-2H3,(H,27,30). The molecule has 3 rings (SSSR count). The Morgan fingerprint density at radius 1 is 1.03 bits per heavy atom. The number of ether oxygens (including phenoxy) is 1. The number of anilines is 1. The molecule has 1 unspecified atom stereocenters. The maximum atomic E-state index is 13.3. The zero-order valence-electron chi connectivity index (χ0n) is 17.7. The quantitative estimate of drug-likeness (QED) is 0.399. The van der Waals surface area contributed by atoms with E-state index in [1.54, 1.807) is 0 Å². The molecule has 3 aromatic rings. The molecule has 0 aliphatic carbocycles. The van der Waals surface area contributed by atoms with Gasteiger partial charge in [-0.15, -0.1) is 0 Å². The van der Waals surface area contributed by atoms with Crippen molar-refractivity contribution in [2.24, 2.45) is 0 Å². The Morgan fingerprint density at radius 2 is 1.68 bits per heavy atom. The summed E-state index contributed by atoms with van der Waals surface area (Å²) in [6, 6.07) is 8.23. The van der Waals surface area contributed by atoms with Gasteiger partial charge >= 0.3 is 0 Å². The molecule has 1 amide bonds. The molecule has 1 N–H and O–H groups in total. The Kier molecular flexibility index (Phi) is 7.51. The number of benzene rings is 2. The molecule has 1 atom stereocenters. The number of hydrogen-bond acceptors (Lipinski definition) is 5. The van der Waals surface area contributed by atoms with Gasteiger partial charge in [-0.2, -0.15) is 5.10 Å². The summed E-state index contributed by atoms with van der Waals surface area (Å²) in [5, 5.41) is 6.16. The molecule has 1 heterocycles. The second-order valence-electron chi connectivity index (χ2n) is 7.06. The van der Waals surface area contributed by atoms with Gasteiger partial charge in [-0.3, -0.25) is 9.48 Å². The van der Waals surface area contributed by atoms with Crippen LogP contribution in [0.4, 0.5) is 23.2 Å². The van der Waals surface area contributed by atoms with Gasteiger partial charge in [0.05, 0.1) is 16.9 Å². The highest BCUT2D eigenvalue weighted by atomic mass is 35.5. The number of aromatic nitrogens is 2. The molecule has 182 valence electrons. The van der Waals surface area contributed by atoms with E-state index in [2.05, 4.69) is 10.4 Å². The molecule has 7 nitrogen and oxygen atoms in total. The summed E-state index contributed by atoms with van der Waals surface area (Å²) in [6.45, 7) is 1.19. The molecule has 0 fully saturated rings. The SMILES string of the molecule is COc1cc(NC(=O)C(C)n2nc(C(F)F)cc2C(F)F)cc(S(=O)(=O)c2ccc(Cl)cc2)c1. The number of hydrogen-bond donors (Lipinski definition) is 1. The maximum absolute atomic E-state index is 13.3. The second-order valence-corrected chi connectivity index (χ2v) is 9.45. The molecule has 2 aromatic carbocycles. The number of carbonyl (C=O) groups excluding carboxylic acids is 1. The molecule has 0 aliphatic rings. The lowest BCUT2D eigenvalue weighted by Gasteiger charge is -2.16. The van der Waals surface area contributed by atoms with E-state index in [1.807, 2.05) is 0 Å². The number of nitrogens with zero attached hydrogens (tertiary/aromatic N) is 2. The third kappa shape index (κ3) is 5.33. The van der Waals surface area contributed by atoms with Crippen LogP contribution in [0.2, 0.25) is 5.02 Å². The van der Waals surface area contributed by atoms with E-state index in [-0.39, 0.29) is 21.2 Å². The first-order valence-electron chi connectivity index (χ1n) is 9.60. The van der Waals surface area contributed by atoms with Crippen LogP contribution in [0.25, 0.3) is 0 Å². The lowest BCUT2D eigenvalue weighted by Crippen LogP contribution is -2.26. The third-order valence-corrected chi connectivity index (χ3v) is 6.80. The van der Waals surface area contributed by atoms with Crippen LogP contribution in [-0.2, 0) is 14.6 Å². The minimum absolute atomic E-state index is 0.0245. The molecule has 0 spiro atoms. The number of rotatable bonds is 8. The van der Waals surface area contributed by atoms with E-state index < -0.39 is 46.0 Å². The normalized spacial score (nSPS) is 12.7. The van der Waals surface area contributed by atoms with Crippen molar-refractivity contribution < 1.29 is 35.5 Å². The van der Waals surface area contributed by atoms with E-state index in [1.165, 1.54) is 50.4 Å². The molecule has 0 bridgehead atoms. The Labute approximate surface area is 197 Å². The Bertz CT molecular complexity index is 1300. The summed E-state index contributed by atoms with van der Waals surface area (Å²) in [7, 11) is -2.75. The van der Waals surface area contributed by atoms with Crippen molar-refractivity contribution in [1.29, 1.82) is 0 Å². The third-order valence-electron chi connectivity index (χ3n) is 4.79. The summed E-state index contributed by atoms with van der Waals surface area (Å²) in [6.07, 6.45) is -6.25. The van der Waals surface area contributed by atoms with Crippen molar-refractivity contribution in [2.75, 3.05) is 12.4 Å². The van der Waals surface area contributed by atoms with Gasteiger partial charge in [0.25, 0.3) is 12.9 Å². The molecule has 34 heavy (non-hydrogen) atoms. The van der Waals surface area contributed by atoms with Gasteiger partial charge in [0.1, 0.15) is 23.2 Å². The highest BCUT2D eigenvalue weighted by Crippen LogP contribution is 2.31. The van der Waals surface area contributed by atoms with Gasteiger partial charge in [0.15, 0.2) is 0 Å². The molecular weight excluding hydrogens is 502 g/mol. The van der Waals surface area contributed by atoms with Gasteiger partial charge in [-0.25, -0.2) is 26.0 Å². The van der Waals surface area contributed by atoms with Gasteiger partial charge in [-0.1, -0.05) is 11.6 Å². The fourth-order valence-electron chi connectivity index (χ4n) is 3.03. The van der Waals surface area contributed by atoms with Gasteiger partial charge in [-0.05, 0) is 49.4 Å². The van der Waals surface area contributed by atoms with E-state index in [0.29, 0.717) is 15.8 Å². The summed E-state index contributed by atoms with van der Waals surface area (Å²) in [5.74, 6) is -0.806. The average molecular weight is 520 g/mol. The lowest BCUT2D eigenvalue weighted by atomic mass is 10.2. The van der Waals surface area contributed by atoms with Gasteiger partial charge < -0.3 is 10.1 Å². The summed E-state index contributed by atoms with van der Waals surface area (Å²) in [5.41, 5.74) is -1.77. The van der Waals surface area contributed by atoms with Crippen LogP contribution in [-0.4, -0.2) is 31.2 Å². The number of methoxy groups -OCH3 is 1. The fraction of sp³-hybridized carbons (Fsp3) is 0.238. The predicted octanol–water partition coefficient (Wildman–Crippen LogP) is 5.45. The van der Waals surface area contributed by atoms with E-state index in [0.717, 1.165) is 6.07 Å². The zero-order valence-corrected chi connectivity index (χ0v) is 19.2. The number of halogens is 5. The summed E-state index contributed by atoms with van der Waals surface area (Å²) >= 11 is 5.81. The van der Waals surface area contributed by atoms with Crippen molar-refractivity contribution in [3.63, 3.8) is 0 Å². The number of alkyl halides is 4. The number of amides is 1. The van der Waals surface area contributed by atoms with Crippen molar-refractivity contribution in [2.45, 2.75) is 35.6 Å². The fourth-order valence-corrected chi connectivity index (χ4v) is 4.48. The lowest BCUT2D eigenvalue weighted by molar-refractivity contribution is -0.119. The monoisotopic (exact) mass is 519 g/mol. The molecule has 0 saturated carbocycles. The van der Waals surface area contributed by atoms with Crippen LogP contribution in [0, 0.1) is 0 Å². The molecular formula is C21H18ClF4N3O4S. The van der Waals surface area contributed by atoms with E-state index in [4.69, 9.17) is 16.3 Å². The number of carbonyl (C=O) groups is 1. The van der Waals surface area contributed by atoms with Crippen LogP contribution in [0.3, 0.4) is 0 Å². The molecule has 13 heteroatoms. The number of sulfone groups is 1. The van der Waals surface area contributed by atoms with Crippen LogP contribution in [0.5, 0.6) is 5.75 Å². The molecule has 0 radical (unpaired) electrons. The maximum Gasteiger partial charge on any atom is 0.282 e. The van der Waals surface area contributed by atoms with Crippen molar-refractivity contribution in [3.05, 3.63) is 64.9 Å². The molecule has 1 aromatic heterocycles. The summed E-state index contributed by atoms with van der Waals surface area (Å²) in [4.78, 5) is 12.4. The van der Waals surface area contributed by atoms with Gasteiger partial charge in [0, 0.05) is 16.8 Å². The minimum atomic E-state index is -4.03. The van der Waals surface area contributed by atoms with Crippen LogP contribution in [0.15, 0.2) is 58.3 Å². The van der Waals surface area contributed by atoms with Crippen molar-refractivity contribution in [1.82, 2.24) is 9.78 Å². The Morgan fingerprint density at radius 3 is 2.24 bits per heavy atom. The largest absolute Gasteiger partial charge is 0.497 e. The van der Waals surface area contributed by atoms with E-state index in [9.17, 15) is 30.8 Å². The van der Waals surface area contributed by atoms with Crippen molar-refractivity contribution >= 4 is 33.0 Å². The first-order chi connectivity index (χ1) is 15.9. The predicted molar refractivity (Wildman–Crippen MR) is 115 cm³/mol. The average Bonchev–Trinajstić information content (AvgIpc) is 3.25. The highest BCUT2D eigenvalue weighted by molar-refractivity contribution is 7.91.